The lowest BCUT2D eigenvalue weighted by atomic mass is 10.4. The summed E-state index contributed by atoms with van der Waals surface area (Å²) in [5.74, 6) is 1.18. The Morgan fingerprint density at radius 2 is 2.00 bits per heavy atom. The number of amides is 2. The van der Waals surface area contributed by atoms with Crippen LogP contribution in [-0.4, -0.2) is 54.4 Å². The van der Waals surface area contributed by atoms with Gasteiger partial charge in [-0.2, -0.15) is 0 Å². The van der Waals surface area contributed by atoms with Crippen molar-refractivity contribution in [2.24, 2.45) is 0 Å². The normalized spacial score (nSPS) is 14.2. The minimum Gasteiger partial charge on any atom is -0.369 e. The van der Waals surface area contributed by atoms with E-state index in [-0.39, 0.29) is 6.03 Å². The van der Waals surface area contributed by atoms with Crippen molar-refractivity contribution >= 4 is 17.7 Å². The Labute approximate surface area is 119 Å². The third-order valence-corrected chi connectivity index (χ3v) is 2.91. The molecule has 1 heterocycles. The molecule has 0 unspecified atom stereocenters. The van der Waals surface area contributed by atoms with E-state index < -0.39 is 0 Å². The van der Waals surface area contributed by atoms with Gasteiger partial charge in [0.15, 0.2) is 5.82 Å². The van der Waals surface area contributed by atoms with E-state index >= 15 is 0 Å². The molecule has 0 radical (unpaired) electrons. The molecule has 1 aromatic heterocycles. The third kappa shape index (κ3) is 5.40. The Kier molecular flexibility index (Phi) is 5.11. The first-order chi connectivity index (χ1) is 9.63. The van der Waals surface area contributed by atoms with Gasteiger partial charge >= 0.3 is 6.03 Å². The number of aromatic nitrogens is 2. The van der Waals surface area contributed by atoms with Gasteiger partial charge in [0.1, 0.15) is 5.82 Å². The summed E-state index contributed by atoms with van der Waals surface area (Å²) in [6, 6.07) is 3.68. The van der Waals surface area contributed by atoms with Gasteiger partial charge in [-0.1, -0.05) is 0 Å². The van der Waals surface area contributed by atoms with Crippen LogP contribution in [-0.2, 0) is 0 Å². The molecule has 1 saturated carbocycles. The molecule has 0 atom stereocenters. The van der Waals surface area contributed by atoms with Crippen LogP contribution in [0.5, 0.6) is 0 Å². The van der Waals surface area contributed by atoms with E-state index in [2.05, 4.69) is 31.0 Å². The molecule has 0 spiro atoms. The Hall–Kier alpha value is -1.89. The smallest absolute Gasteiger partial charge is 0.320 e. The zero-order valence-electron chi connectivity index (χ0n) is 12.0. The molecule has 1 aromatic rings. The van der Waals surface area contributed by atoms with E-state index in [0.29, 0.717) is 11.9 Å². The minimum atomic E-state index is -0.214. The number of anilines is 2. The molecular weight excluding hydrogens is 256 g/mol. The van der Waals surface area contributed by atoms with Crippen molar-refractivity contribution in [2.75, 3.05) is 37.8 Å². The summed E-state index contributed by atoms with van der Waals surface area (Å²) >= 11 is 0. The van der Waals surface area contributed by atoms with Crippen molar-refractivity contribution in [1.82, 2.24) is 20.4 Å². The lowest BCUT2D eigenvalue weighted by Gasteiger charge is -2.10. The molecule has 2 rings (SSSR count). The summed E-state index contributed by atoms with van der Waals surface area (Å²) in [5.41, 5.74) is 0. The molecule has 1 fully saturated rings. The fourth-order valence-electron chi connectivity index (χ4n) is 1.67. The van der Waals surface area contributed by atoms with E-state index in [1.807, 2.05) is 20.2 Å². The van der Waals surface area contributed by atoms with E-state index in [1.165, 1.54) is 0 Å². The van der Waals surface area contributed by atoms with Crippen LogP contribution in [0.2, 0.25) is 0 Å². The Bertz CT molecular complexity index is 429. The van der Waals surface area contributed by atoms with Crippen molar-refractivity contribution in [1.29, 1.82) is 0 Å². The van der Waals surface area contributed by atoms with Crippen LogP contribution >= 0.6 is 0 Å². The molecule has 1 aliphatic rings. The first-order valence-electron chi connectivity index (χ1n) is 6.93. The Morgan fingerprint density at radius 1 is 1.30 bits per heavy atom. The van der Waals surface area contributed by atoms with Gasteiger partial charge < -0.3 is 15.5 Å². The standard InChI is InChI=1S/C13H22N6O/c1-19(2)9-3-8-14-11-6-7-12(18-17-11)16-13(20)15-10-4-5-10/h6-7,10H,3-5,8-9H2,1-2H3,(H,14,17)(H2,15,16,18,20). The number of nitrogens with one attached hydrogen (secondary N) is 3. The van der Waals surface area contributed by atoms with Crippen LogP contribution in [0.25, 0.3) is 0 Å². The molecule has 7 nitrogen and oxygen atoms in total. The molecule has 0 saturated heterocycles. The maximum Gasteiger partial charge on any atom is 0.320 e. The Morgan fingerprint density at radius 3 is 2.60 bits per heavy atom. The number of urea groups is 1. The second-order valence-electron chi connectivity index (χ2n) is 5.26. The molecule has 3 N–H and O–H groups in total. The SMILES string of the molecule is CN(C)CCCNc1ccc(NC(=O)NC2CC2)nn1. The Balaban J connectivity index is 1.70. The number of hydrogen-bond donors (Lipinski definition) is 3. The molecule has 110 valence electrons. The molecule has 0 aromatic carbocycles. The third-order valence-electron chi connectivity index (χ3n) is 2.91. The zero-order valence-corrected chi connectivity index (χ0v) is 12.0. The number of nitrogens with zero attached hydrogens (tertiary/aromatic N) is 3. The van der Waals surface area contributed by atoms with Crippen molar-refractivity contribution in [3.63, 3.8) is 0 Å². The summed E-state index contributed by atoms with van der Waals surface area (Å²) in [6.45, 7) is 1.88. The van der Waals surface area contributed by atoms with Crippen molar-refractivity contribution < 1.29 is 4.79 Å². The van der Waals surface area contributed by atoms with E-state index in [4.69, 9.17) is 0 Å². The van der Waals surface area contributed by atoms with Gasteiger partial charge in [0.05, 0.1) is 0 Å². The summed E-state index contributed by atoms with van der Waals surface area (Å²) in [5, 5.41) is 16.7. The predicted octanol–water partition coefficient (Wildman–Crippen LogP) is 1.12. The number of rotatable bonds is 7. The largest absolute Gasteiger partial charge is 0.369 e. The fourth-order valence-corrected chi connectivity index (χ4v) is 1.67. The second kappa shape index (κ2) is 7.04. The van der Waals surface area contributed by atoms with Gasteiger partial charge in [0.25, 0.3) is 0 Å². The van der Waals surface area contributed by atoms with Gasteiger partial charge in [-0.05, 0) is 52.0 Å². The van der Waals surface area contributed by atoms with Gasteiger partial charge in [-0.15, -0.1) is 10.2 Å². The van der Waals surface area contributed by atoms with Crippen molar-refractivity contribution in [3.8, 4) is 0 Å². The summed E-state index contributed by atoms with van der Waals surface area (Å²) in [4.78, 5) is 13.6. The highest BCUT2D eigenvalue weighted by molar-refractivity contribution is 5.88. The maximum atomic E-state index is 11.5. The highest BCUT2D eigenvalue weighted by Crippen LogP contribution is 2.18. The zero-order chi connectivity index (χ0) is 14.4. The van der Waals surface area contributed by atoms with Gasteiger partial charge in [-0.3, -0.25) is 5.32 Å². The van der Waals surface area contributed by atoms with Gasteiger partial charge in [0.2, 0.25) is 0 Å². The highest BCUT2D eigenvalue weighted by atomic mass is 16.2. The first-order valence-corrected chi connectivity index (χ1v) is 6.93. The van der Waals surface area contributed by atoms with Crippen LogP contribution in [0.3, 0.4) is 0 Å². The highest BCUT2D eigenvalue weighted by Gasteiger charge is 2.23. The van der Waals surface area contributed by atoms with Gasteiger partial charge in [-0.25, -0.2) is 4.79 Å². The topological polar surface area (TPSA) is 82.2 Å². The number of hydrogen-bond acceptors (Lipinski definition) is 5. The summed E-state index contributed by atoms with van der Waals surface area (Å²) in [6.07, 6.45) is 3.17. The van der Waals surface area contributed by atoms with E-state index in [9.17, 15) is 4.79 Å². The first kappa shape index (κ1) is 14.5. The molecule has 7 heteroatoms. The lowest BCUT2D eigenvalue weighted by molar-refractivity contribution is 0.251. The van der Waals surface area contributed by atoms with Gasteiger partial charge in [0, 0.05) is 12.6 Å². The van der Waals surface area contributed by atoms with Crippen LogP contribution in [0, 0.1) is 0 Å². The molecule has 20 heavy (non-hydrogen) atoms. The summed E-state index contributed by atoms with van der Waals surface area (Å²) < 4.78 is 0. The summed E-state index contributed by atoms with van der Waals surface area (Å²) in [7, 11) is 4.10. The van der Waals surface area contributed by atoms with E-state index in [0.717, 1.165) is 38.2 Å². The van der Waals surface area contributed by atoms with Crippen molar-refractivity contribution in [3.05, 3.63) is 12.1 Å². The number of carbonyl (C=O) groups is 1. The number of carbonyl (C=O) groups excluding carboxylic acids is 1. The van der Waals surface area contributed by atoms with E-state index in [1.54, 1.807) is 6.07 Å². The average Bonchev–Trinajstić information content (AvgIpc) is 3.20. The fraction of sp³-hybridized carbons (Fsp3) is 0.615. The lowest BCUT2D eigenvalue weighted by Crippen LogP contribution is -2.30. The molecule has 1 aliphatic carbocycles. The van der Waals surface area contributed by atoms with Crippen LogP contribution in [0.15, 0.2) is 12.1 Å². The van der Waals surface area contributed by atoms with Crippen LogP contribution in [0.4, 0.5) is 16.4 Å². The second-order valence-corrected chi connectivity index (χ2v) is 5.26. The quantitative estimate of drug-likeness (QED) is 0.651. The molecular formula is C13H22N6O. The van der Waals surface area contributed by atoms with Crippen molar-refractivity contribution in [2.45, 2.75) is 25.3 Å². The van der Waals surface area contributed by atoms with Crippen LogP contribution < -0.4 is 16.0 Å². The minimum absolute atomic E-state index is 0.214. The monoisotopic (exact) mass is 278 g/mol. The molecule has 2 amide bonds. The van der Waals surface area contributed by atoms with Crippen LogP contribution in [0.1, 0.15) is 19.3 Å². The predicted molar refractivity (Wildman–Crippen MR) is 78.9 cm³/mol. The molecule has 0 aliphatic heterocycles. The maximum absolute atomic E-state index is 11.5. The molecule has 0 bridgehead atoms. The average molecular weight is 278 g/mol.